The molecule has 0 unspecified atom stereocenters. The summed E-state index contributed by atoms with van der Waals surface area (Å²) in [6, 6.07) is 7.38. The Morgan fingerprint density at radius 3 is 1.50 bits per heavy atom. The van der Waals surface area contributed by atoms with Crippen LogP contribution < -0.4 is 0 Å². The van der Waals surface area contributed by atoms with Crippen molar-refractivity contribution in [3.8, 4) is 11.5 Å². The summed E-state index contributed by atoms with van der Waals surface area (Å²) in [5.41, 5.74) is 6.37. The van der Waals surface area contributed by atoms with E-state index in [9.17, 15) is 10.2 Å². The molecular formula is C22H32O2. The molecule has 2 aromatic carbocycles. The van der Waals surface area contributed by atoms with Gasteiger partial charge in [-0.05, 0) is 73.2 Å². The van der Waals surface area contributed by atoms with Crippen LogP contribution in [0.15, 0.2) is 24.3 Å². The maximum atomic E-state index is 10.2. The van der Waals surface area contributed by atoms with Crippen LogP contribution >= 0.6 is 0 Å². The van der Waals surface area contributed by atoms with Crippen LogP contribution in [0.1, 0.15) is 67.5 Å². The zero-order chi connectivity index (χ0) is 18.7. The highest BCUT2D eigenvalue weighted by Crippen LogP contribution is 2.41. The second-order valence-electron chi connectivity index (χ2n) is 7.10. The summed E-state index contributed by atoms with van der Waals surface area (Å²) in [5.74, 6) is 0.677. The van der Waals surface area contributed by atoms with Crippen LogP contribution in [0.5, 0.6) is 11.5 Å². The second-order valence-corrected chi connectivity index (χ2v) is 7.10. The predicted molar refractivity (Wildman–Crippen MR) is 103 cm³/mol. The fraction of sp³-hybridized carbons (Fsp3) is 0.455. The van der Waals surface area contributed by atoms with Gasteiger partial charge in [0, 0.05) is 5.41 Å². The van der Waals surface area contributed by atoms with Gasteiger partial charge in [-0.25, -0.2) is 0 Å². The molecule has 0 aromatic heterocycles. The second kappa shape index (κ2) is 7.74. The zero-order valence-corrected chi connectivity index (χ0v) is 16.4. The van der Waals surface area contributed by atoms with E-state index in [1.54, 1.807) is 12.1 Å². The molecule has 0 bridgehead atoms. The van der Waals surface area contributed by atoms with Crippen LogP contribution in [-0.4, -0.2) is 10.2 Å². The predicted octanol–water partition coefficient (Wildman–Crippen LogP) is 6.07. The Morgan fingerprint density at radius 1 is 0.750 bits per heavy atom. The molecule has 0 aliphatic rings. The summed E-state index contributed by atoms with van der Waals surface area (Å²) >= 11 is 0. The van der Waals surface area contributed by atoms with Gasteiger partial charge in [0.05, 0.1) is 0 Å². The molecule has 0 aliphatic carbocycles. The summed E-state index contributed by atoms with van der Waals surface area (Å²) in [6.45, 7) is 16.7. The molecule has 0 heterocycles. The molecule has 2 N–H and O–H groups in total. The van der Waals surface area contributed by atoms with Crippen molar-refractivity contribution in [2.24, 2.45) is 0 Å². The number of hydrogen-bond donors (Lipinski definition) is 2. The molecule has 0 amide bonds. The summed E-state index contributed by atoms with van der Waals surface area (Å²) in [5, 5.41) is 19.7. The first-order chi connectivity index (χ1) is 11.1. The third-order valence-electron chi connectivity index (χ3n) is 4.80. The molecule has 132 valence electrons. The van der Waals surface area contributed by atoms with Crippen molar-refractivity contribution in [2.45, 2.75) is 67.2 Å². The lowest BCUT2D eigenvalue weighted by Gasteiger charge is -2.32. The lowest BCUT2D eigenvalue weighted by atomic mass is 9.72. The monoisotopic (exact) mass is 328 g/mol. The number of phenolic OH excluding ortho intramolecular Hbond substituents is 2. The van der Waals surface area contributed by atoms with E-state index in [1.165, 1.54) is 12.0 Å². The van der Waals surface area contributed by atoms with Crippen LogP contribution in [0.4, 0.5) is 0 Å². The Balaban J connectivity index is 0.000000891. The topological polar surface area (TPSA) is 40.5 Å². The van der Waals surface area contributed by atoms with E-state index in [0.717, 1.165) is 27.8 Å². The number of hydrogen-bond acceptors (Lipinski definition) is 2. The fourth-order valence-corrected chi connectivity index (χ4v) is 3.25. The fourth-order valence-electron chi connectivity index (χ4n) is 3.25. The molecule has 0 saturated carbocycles. The summed E-state index contributed by atoms with van der Waals surface area (Å²) in [6.07, 6.45) is 1.25. The smallest absolute Gasteiger partial charge is 0.121 e. The molecule has 0 aliphatic heterocycles. The molecular weight excluding hydrogens is 296 g/mol. The molecule has 2 nitrogen and oxygen atoms in total. The minimum absolute atomic E-state index is 0.189. The zero-order valence-electron chi connectivity index (χ0n) is 16.4. The van der Waals surface area contributed by atoms with E-state index in [-0.39, 0.29) is 11.2 Å². The highest BCUT2D eigenvalue weighted by molar-refractivity contribution is 5.58. The first kappa shape index (κ1) is 20.1. The van der Waals surface area contributed by atoms with Crippen molar-refractivity contribution in [3.63, 3.8) is 0 Å². The molecule has 0 fully saturated rings. The molecule has 2 rings (SSSR count). The van der Waals surface area contributed by atoms with Gasteiger partial charge in [-0.3, -0.25) is 0 Å². The Morgan fingerprint density at radius 2 is 1.12 bits per heavy atom. The summed E-state index contributed by atoms with van der Waals surface area (Å²) in [4.78, 5) is 0. The van der Waals surface area contributed by atoms with E-state index < -0.39 is 0 Å². The van der Waals surface area contributed by atoms with Gasteiger partial charge < -0.3 is 10.2 Å². The largest absolute Gasteiger partial charge is 0.508 e. The summed E-state index contributed by atoms with van der Waals surface area (Å²) < 4.78 is 0. The van der Waals surface area contributed by atoms with Gasteiger partial charge in [0.15, 0.2) is 0 Å². The Kier molecular flexibility index (Phi) is 6.48. The van der Waals surface area contributed by atoms with Gasteiger partial charge in [0.1, 0.15) is 11.5 Å². The van der Waals surface area contributed by atoms with E-state index in [2.05, 4.69) is 41.5 Å². The minimum Gasteiger partial charge on any atom is -0.508 e. The maximum Gasteiger partial charge on any atom is 0.121 e. The van der Waals surface area contributed by atoms with Crippen LogP contribution in [0.25, 0.3) is 0 Å². The lowest BCUT2D eigenvalue weighted by Crippen LogP contribution is -2.23. The maximum absolute atomic E-state index is 10.2. The van der Waals surface area contributed by atoms with Crippen LogP contribution in [0.3, 0.4) is 0 Å². The van der Waals surface area contributed by atoms with E-state index in [0.29, 0.717) is 5.75 Å². The van der Waals surface area contributed by atoms with E-state index in [4.69, 9.17) is 0 Å². The van der Waals surface area contributed by atoms with Gasteiger partial charge in [-0.2, -0.15) is 0 Å². The number of rotatable bonds is 2. The highest BCUT2D eigenvalue weighted by Gasteiger charge is 2.29. The highest BCUT2D eigenvalue weighted by atomic mass is 16.3. The number of benzene rings is 2. The van der Waals surface area contributed by atoms with Crippen molar-refractivity contribution >= 4 is 0 Å². The molecule has 0 radical (unpaired) electrons. The molecule has 2 heteroatoms. The Labute approximate surface area is 147 Å². The van der Waals surface area contributed by atoms with E-state index >= 15 is 0 Å². The average Bonchev–Trinajstić information content (AvgIpc) is 2.52. The van der Waals surface area contributed by atoms with Crippen LogP contribution in [0.2, 0.25) is 0 Å². The average molecular weight is 328 g/mol. The van der Waals surface area contributed by atoms with E-state index in [1.807, 2.05) is 26.0 Å². The van der Waals surface area contributed by atoms with Crippen LogP contribution in [-0.2, 0) is 5.41 Å². The SMILES string of the molecule is CCC.Cc1c(C)c(C(C)(C)c2ccc(O)cc2)c(C)c(C)c1O. The third-order valence-corrected chi connectivity index (χ3v) is 4.80. The summed E-state index contributed by atoms with van der Waals surface area (Å²) in [7, 11) is 0. The minimum atomic E-state index is -0.189. The standard InChI is InChI=1S/C19H24O2.C3H8/c1-11-13(3)18(21)14(4)12(2)17(11)19(5,6)15-7-9-16(20)10-8-15;1-3-2/h7-10,20-21H,1-6H3;3H2,1-2H3. The normalized spacial score (nSPS) is 11.0. The quantitative estimate of drug-likeness (QED) is 0.702. The van der Waals surface area contributed by atoms with Crippen molar-refractivity contribution in [3.05, 3.63) is 57.6 Å². The van der Waals surface area contributed by atoms with Crippen molar-refractivity contribution < 1.29 is 10.2 Å². The molecule has 0 atom stereocenters. The Hall–Kier alpha value is -1.96. The van der Waals surface area contributed by atoms with Crippen molar-refractivity contribution in [1.82, 2.24) is 0 Å². The molecule has 0 spiro atoms. The first-order valence-corrected chi connectivity index (χ1v) is 8.68. The molecule has 0 saturated heterocycles. The number of phenols is 2. The van der Waals surface area contributed by atoms with Crippen molar-refractivity contribution in [2.75, 3.05) is 0 Å². The number of aromatic hydroxyl groups is 2. The third kappa shape index (κ3) is 3.75. The van der Waals surface area contributed by atoms with Crippen LogP contribution in [0, 0.1) is 27.7 Å². The Bertz CT molecular complexity index is 666. The van der Waals surface area contributed by atoms with Crippen molar-refractivity contribution in [1.29, 1.82) is 0 Å². The van der Waals surface area contributed by atoms with Gasteiger partial charge in [0.25, 0.3) is 0 Å². The van der Waals surface area contributed by atoms with Gasteiger partial charge in [-0.1, -0.05) is 46.2 Å². The van der Waals surface area contributed by atoms with Gasteiger partial charge in [-0.15, -0.1) is 0 Å². The van der Waals surface area contributed by atoms with Gasteiger partial charge in [0.2, 0.25) is 0 Å². The first-order valence-electron chi connectivity index (χ1n) is 8.68. The molecule has 24 heavy (non-hydrogen) atoms. The molecule has 2 aromatic rings. The lowest BCUT2D eigenvalue weighted by molar-refractivity contribution is 0.464. The van der Waals surface area contributed by atoms with Gasteiger partial charge >= 0.3 is 0 Å².